The van der Waals surface area contributed by atoms with Crippen LogP contribution >= 0.6 is 0 Å². The molecule has 0 aromatic rings. The fourth-order valence-corrected chi connectivity index (χ4v) is 1.70. The molecule has 1 aliphatic rings. The molecule has 102 valence electrons. The molecule has 0 N–H and O–H groups in total. The van der Waals surface area contributed by atoms with Crippen molar-refractivity contribution in [1.29, 1.82) is 0 Å². The summed E-state index contributed by atoms with van der Waals surface area (Å²) >= 11 is 0. The first-order chi connectivity index (χ1) is 8.33. The standard InChI is InChI=1S/C13H21NO4/c1-5-8-17-11(15)10-6-7-14(9-10)12(16)18-13(2,3)4/h5,10H,1,6-9H2,2-4H3. The maximum atomic E-state index is 11.8. The van der Waals surface area contributed by atoms with Gasteiger partial charge in [-0.1, -0.05) is 12.7 Å². The summed E-state index contributed by atoms with van der Waals surface area (Å²) in [6.07, 6.45) is 1.77. The summed E-state index contributed by atoms with van der Waals surface area (Å²) in [5, 5.41) is 0. The third kappa shape index (κ3) is 4.39. The van der Waals surface area contributed by atoms with Gasteiger partial charge in [0.15, 0.2) is 0 Å². The van der Waals surface area contributed by atoms with Gasteiger partial charge < -0.3 is 14.4 Å². The van der Waals surface area contributed by atoms with Crippen LogP contribution in [0.5, 0.6) is 0 Å². The normalized spacial score (nSPS) is 19.5. The topological polar surface area (TPSA) is 55.8 Å². The third-order valence-corrected chi connectivity index (χ3v) is 2.52. The lowest BCUT2D eigenvalue weighted by atomic mass is 10.1. The van der Waals surface area contributed by atoms with E-state index in [2.05, 4.69) is 6.58 Å². The largest absolute Gasteiger partial charge is 0.461 e. The molecule has 18 heavy (non-hydrogen) atoms. The Hall–Kier alpha value is -1.52. The molecule has 0 aliphatic carbocycles. The Labute approximate surface area is 108 Å². The number of likely N-dealkylation sites (tertiary alicyclic amines) is 1. The third-order valence-electron chi connectivity index (χ3n) is 2.52. The van der Waals surface area contributed by atoms with Crippen LogP contribution in [0.1, 0.15) is 27.2 Å². The lowest BCUT2D eigenvalue weighted by Crippen LogP contribution is -2.36. The van der Waals surface area contributed by atoms with Gasteiger partial charge in [0.2, 0.25) is 0 Å². The van der Waals surface area contributed by atoms with Crippen LogP contribution in [0.2, 0.25) is 0 Å². The first-order valence-corrected chi connectivity index (χ1v) is 6.09. The van der Waals surface area contributed by atoms with Crippen molar-refractivity contribution in [3.8, 4) is 0 Å². The van der Waals surface area contributed by atoms with E-state index in [1.165, 1.54) is 6.08 Å². The maximum absolute atomic E-state index is 11.8. The minimum absolute atomic E-state index is 0.210. The molecule has 0 aromatic heterocycles. The molecular formula is C13H21NO4. The van der Waals surface area contributed by atoms with Gasteiger partial charge in [-0.05, 0) is 27.2 Å². The second kappa shape index (κ2) is 5.89. The highest BCUT2D eigenvalue weighted by molar-refractivity contribution is 5.75. The van der Waals surface area contributed by atoms with Gasteiger partial charge in [0, 0.05) is 13.1 Å². The summed E-state index contributed by atoms with van der Waals surface area (Å²) in [5.74, 6) is -0.529. The number of carbonyl (C=O) groups excluding carboxylic acids is 2. The Kier molecular flexibility index (Phi) is 4.76. The number of esters is 1. The Bertz CT molecular complexity index is 332. The zero-order valence-corrected chi connectivity index (χ0v) is 11.3. The fraction of sp³-hybridized carbons (Fsp3) is 0.692. The van der Waals surface area contributed by atoms with Crippen molar-refractivity contribution in [2.24, 2.45) is 5.92 Å². The highest BCUT2D eigenvalue weighted by atomic mass is 16.6. The van der Waals surface area contributed by atoms with Gasteiger partial charge in [-0.3, -0.25) is 4.79 Å². The highest BCUT2D eigenvalue weighted by Gasteiger charge is 2.34. The van der Waals surface area contributed by atoms with Crippen LogP contribution in [0, 0.1) is 5.92 Å². The number of hydrogen-bond acceptors (Lipinski definition) is 4. The van der Waals surface area contributed by atoms with Gasteiger partial charge in [0.05, 0.1) is 5.92 Å². The van der Waals surface area contributed by atoms with Crippen molar-refractivity contribution in [1.82, 2.24) is 4.90 Å². The van der Waals surface area contributed by atoms with Crippen molar-refractivity contribution in [3.05, 3.63) is 12.7 Å². The van der Waals surface area contributed by atoms with Gasteiger partial charge in [-0.25, -0.2) is 4.79 Å². The van der Waals surface area contributed by atoms with E-state index < -0.39 is 5.60 Å². The molecule has 1 saturated heterocycles. The van der Waals surface area contributed by atoms with Crippen LogP contribution in [0.15, 0.2) is 12.7 Å². The molecule has 5 heteroatoms. The van der Waals surface area contributed by atoms with Crippen molar-refractivity contribution in [2.45, 2.75) is 32.8 Å². The predicted octanol–water partition coefficient (Wildman–Crippen LogP) is 1.97. The van der Waals surface area contributed by atoms with Crippen LogP contribution in [0.25, 0.3) is 0 Å². The number of carbonyl (C=O) groups is 2. The molecule has 0 aromatic carbocycles. The van der Waals surface area contributed by atoms with Crippen molar-refractivity contribution >= 4 is 12.1 Å². The van der Waals surface area contributed by atoms with E-state index in [4.69, 9.17) is 9.47 Å². The zero-order valence-electron chi connectivity index (χ0n) is 11.3. The van der Waals surface area contributed by atoms with Crippen LogP contribution in [-0.2, 0) is 14.3 Å². The van der Waals surface area contributed by atoms with Crippen molar-refractivity contribution < 1.29 is 19.1 Å². The van der Waals surface area contributed by atoms with Crippen molar-refractivity contribution in [2.75, 3.05) is 19.7 Å². The van der Waals surface area contributed by atoms with E-state index in [1.807, 2.05) is 20.8 Å². The molecule has 1 atom stereocenters. The van der Waals surface area contributed by atoms with Crippen LogP contribution in [0.4, 0.5) is 4.79 Å². The average Bonchev–Trinajstić information content (AvgIpc) is 2.72. The van der Waals surface area contributed by atoms with E-state index in [-0.39, 0.29) is 24.6 Å². The average molecular weight is 255 g/mol. The van der Waals surface area contributed by atoms with Crippen LogP contribution < -0.4 is 0 Å². The Morgan fingerprint density at radius 3 is 2.67 bits per heavy atom. The monoisotopic (exact) mass is 255 g/mol. The minimum atomic E-state index is -0.515. The smallest absolute Gasteiger partial charge is 0.410 e. The number of nitrogens with zero attached hydrogens (tertiary/aromatic N) is 1. The molecule has 0 radical (unpaired) electrons. The SMILES string of the molecule is C=CCOC(=O)C1CCN(C(=O)OC(C)(C)C)C1. The molecule has 0 spiro atoms. The number of ether oxygens (including phenoxy) is 2. The molecule has 1 rings (SSSR count). The second-order valence-corrected chi connectivity index (χ2v) is 5.33. The number of rotatable bonds is 3. The van der Waals surface area contributed by atoms with Crippen molar-refractivity contribution in [3.63, 3.8) is 0 Å². The minimum Gasteiger partial charge on any atom is -0.461 e. The summed E-state index contributed by atoms with van der Waals surface area (Å²) in [7, 11) is 0. The van der Waals surface area contributed by atoms with Gasteiger partial charge in [-0.15, -0.1) is 0 Å². The van der Waals surface area contributed by atoms with Gasteiger partial charge in [-0.2, -0.15) is 0 Å². The van der Waals surface area contributed by atoms with E-state index in [0.29, 0.717) is 19.5 Å². The van der Waals surface area contributed by atoms with E-state index >= 15 is 0 Å². The van der Waals surface area contributed by atoms with Gasteiger partial charge in [0.1, 0.15) is 12.2 Å². The zero-order chi connectivity index (χ0) is 13.8. The van der Waals surface area contributed by atoms with Crippen LogP contribution in [-0.4, -0.2) is 42.3 Å². The van der Waals surface area contributed by atoms with E-state index in [1.54, 1.807) is 4.90 Å². The first-order valence-electron chi connectivity index (χ1n) is 6.09. The Morgan fingerprint density at radius 1 is 1.44 bits per heavy atom. The second-order valence-electron chi connectivity index (χ2n) is 5.33. The number of hydrogen-bond donors (Lipinski definition) is 0. The molecule has 0 saturated carbocycles. The predicted molar refractivity (Wildman–Crippen MR) is 67.1 cm³/mol. The van der Waals surface area contributed by atoms with E-state index in [0.717, 1.165) is 0 Å². The fourth-order valence-electron chi connectivity index (χ4n) is 1.70. The lowest BCUT2D eigenvalue weighted by molar-refractivity contribution is -0.146. The first kappa shape index (κ1) is 14.5. The molecule has 0 bridgehead atoms. The summed E-state index contributed by atoms with van der Waals surface area (Å²) in [6, 6.07) is 0. The molecular weight excluding hydrogens is 234 g/mol. The quantitative estimate of drug-likeness (QED) is 0.571. The molecule has 1 unspecified atom stereocenters. The molecule has 1 fully saturated rings. The Morgan fingerprint density at radius 2 is 2.11 bits per heavy atom. The van der Waals surface area contributed by atoms with Gasteiger partial charge >= 0.3 is 12.1 Å². The summed E-state index contributed by atoms with van der Waals surface area (Å²) < 4.78 is 10.2. The van der Waals surface area contributed by atoms with Crippen LogP contribution in [0.3, 0.4) is 0 Å². The molecule has 1 aliphatic heterocycles. The van der Waals surface area contributed by atoms with E-state index in [9.17, 15) is 9.59 Å². The molecule has 1 heterocycles. The number of amides is 1. The Balaban J connectivity index is 2.43. The molecule has 5 nitrogen and oxygen atoms in total. The summed E-state index contributed by atoms with van der Waals surface area (Å²) in [6.45, 7) is 10.0. The highest BCUT2D eigenvalue weighted by Crippen LogP contribution is 2.20. The maximum Gasteiger partial charge on any atom is 0.410 e. The molecule has 1 amide bonds. The van der Waals surface area contributed by atoms with Gasteiger partial charge in [0.25, 0.3) is 0 Å². The summed E-state index contributed by atoms with van der Waals surface area (Å²) in [5.41, 5.74) is -0.515. The lowest BCUT2D eigenvalue weighted by Gasteiger charge is -2.24. The summed E-state index contributed by atoms with van der Waals surface area (Å²) in [4.78, 5) is 24.9.